The van der Waals surface area contributed by atoms with E-state index < -0.39 is 6.03 Å². The zero-order chi connectivity index (χ0) is 10.9. The van der Waals surface area contributed by atoms with Crippen molar-refractivity contribution in [2.45, 2.75) is 0 Å². The molecule has 0 aliphatic carbocycles. The molecule has 0 spiro atoms. The molecule has 0 heterocycles. The highest BCUT2D eigenvalue weighted by atomic mass is 16.7. The predicted octanol–water partition coefficient (Wildman–Crippen LogP) is 1.39. The fourth-order valence-corrected chi connectivity index (χ4v) is 0.920. The second-order valence-corrected chi connectivity index (χ2v) is 2.76. The van der Waals surface area contributed by atoms with E-state index in [2.05, 4.69) is 10.8 Å². The predicted molar refractivity (Wildman–Crippen MR) is 56.4 cm³/mol. The highest BCUT2D eigenvalue weighted by Crippen LogP contribution is 2.03. The molecule has 0 aliphatic rings. The largest absolute Gasteiger partial charge is 0.382 e. The van der Waals surface area contributed by atoms with E-state index in [1.807, 2.05) is 18.2 Å². The summed E-state index contributed by atoms with van der Waals surface area (Å²) in [7, 11) is 1.56. The first-order valence-corrected chi connectivity index (χ1v) is 4.55. The van der Waals surface area contributed by atoms with Gasteiger partial charge in [-0.2, -0.15) is 0 Å². The minimum Gasteiger partial charge on any atom is -0.382 e. The van der Waals surface area contributed by atoms with Gasteiger partial charge in [-0.25, -0.2) is 10.3 Å². The molecule has 2 N–H and O–H groups in total. The van der Waals surface area contributed by atoms with E-state index in [-0.39, 0.29) is 0 Å². The Balaban J connectivity index is 2.19. The molecule has 0 saturated heterocycles. The molecule has 2 amide bonds. The van der Waals surface area contributed by atoms with Gasteiger partial charge in [0.15, 0.2) is 0 Å². The van der Waals surface area contributed by atoms with Crippen molar-refractivity contribution in [3.63, 3.8) is 0 Å². The Bertz CT molecular complexity index is 290. The molecular weight excluding hydrogens is 196 g/mol. The van der Waals surface area contributed by atoms with Crippen molar-refractivity contribution < 1.29 is 14.4 Å². The van der Waals surface area contributed by atoms with Gasteiger partial charge < -0.3 is 10.1 Å². The van der Waals surface area contributed by atoms with Crippen molar-refractivity contribution in [1.82, 2.24) is 5.48 Å². The Labute approximate surface area is 88.3 Å². The third-order valence-electron chi connectivity index (χ3n) is 1.59. The molecular formula is C10H14N2O3. The van der Waals surface area contributed by atoms with Gasteiger partial charge in [0.1, 0.15) is 0 Å². The molecule has 5 nitrogen and oxygen atoms in total. The van der Waals surface area contributed by atoms with Crippen LogP contribution in [0.15, 0.2) is 30.3 Å². The molecule has 15 heavy (non-hydrogen) atoms. The summed E-state index contributed by atoms with van der Waals surface area (Å²) in [6.07, 6.45) is 0. The number of rotatable bonds is 5. The summed E-state index contributed by atoms with van der Waals surface area (Å²) in [5.74, 6) is 0. The lowest BCUT2D eigenvalue weighted by Gasteiger charge is -2.06. The van der Waals surface area contributed by atoms with Crippen LogP contribution < -0.4 is 10.8 Å². The SMILES string of the molecule is COCCONC(=O)Nc1ccccc1. The Morgan fingerprint density at radius 2 is 2.00 bits per heavy atom. The van der Waals surface area contributed by atoms with Gasteiger partial charge in [-0.1, -0.05) is 18.2 Å². The Kier molecular flexibility index (Phi) is 5.21. The number of hydrogen-bond acceptors (Lipinski definition) is 3. The summed E-state index contributed by atoms with van der Waals surface area (Å²) in [5.41, 5.74) is 2.95. The number of carbonyl (C=O) groups is 1. The standard InChI is InChI=1S/C10H14N2O3/c1-14-7-8-15-12-10(13)11-9-5-3-2-4-6-9/h2-6H,7-8H2,1H3,(H2,11,12,13). The number of anilines is 1. The molecule has 0 aromatic heterocycles. The van der Waals surface area contributed by atoms with Crippen LogP contribution in [0, 0.1) is 0 Å². The normalized spacial score (nSPS) is 9.67. The maximum atomic E-state index is 11.2. The van der Waals surface area contributed by atoms with Gasteiger partial charge in [-0.05, 0) is 12.1 Å². The van der Waals surface area contributed by atoms with Crippen LogP contribution in [0.1, 0.15) is 0 Å². The van der Waals surface area contributed by atoms with Gasteiger partial charge in [0, 0.05) is 12.8 Å². The minimum atomic E-state index is -0.405. The van der Waals surface area contributed by atoms with E-state index >= 15 is 0 Å². The number of carbonyl (C=O) groups excluding carboxylic acids is 1. The number of hydrogen-bond donors (Lipinski definition) is 2. The number of ether oxygens (including phenoxy) is 1. The molecule has 1 aromatic carbocycles. The maximum absolute atomic E-state index is 11.2. The van der Waals surface area contributed by atoms with Crippen LogP contribution >= 0.6 is 0 Å². The lowest BCUT2D eigenvalue weighted by molar-refractivity contribution is 0.0272. The van der Waals surface area contributed by atoms with E-state index in [1.165, 1.54) is 0 Å². The number of benzene rings is 1. The summed E-state index contributed by atoms with van der Waals surface area (Å²) in [6.45, 7) is 0.754. The number of urea groups is 1. The van der Waals surface area contributed by atoms with Gasteiger partial charge in [0.2, 0.25) is 0 Å². The van der Waals surface area contributed by atoms with Crippen LogP contribution in [0.4, 0.5) is 10.5 Å². The van der Waals surface area contributed by atoms with E-state index in [4.69, 9.17) is 9.57 Å². The molecule has 0 fully saturated rings. The molecule has 0 radical (unpaired) electrons. The highest BCUT2D eigenvalue weighted by molar-refractivity contribution is 5.88. The molecule has 0 atom stereocenters. The van der Waals surface area contributed by atoms with E-state index in [0.29, 0.717) is 18.9 Å². The first kappa shape index (κ1) is 11.5. The summed E-state index contributed by atoms with van der Waals surface area (Å²) in [4.78, 5) is 16.0. The number of amides is 2. The average Bonchev–Trinajstić information content (AvgIpc) is 2.26. The second-order valence-electron chi connectivity index (χ2n) is 2.76. The number of para-hydroxylation sites is 1. The lowest BCUT2D eigenvalue weighted by Crippen LogP contribution is -2.29. The zero-order valence-corrected chi connectivity index (χ0v) is 8.53. The molecule has 0 saturated carbocycles. The quantitative estimate of drug-likeness (QED) is 0.570. The number of nitrogens with one attached hydrogen (secondary N) is 2. The molecule has 1 rings (SSSR count). The summed E-state index contributed by atoms with van der Waals surface area (Å²) in [6, 6.07) is 8.71. The number of methoxy groups -OCH3 is 1. The Morgan fingerprint density at radius 1 is 1.27 bits per heavy atom. The fraction of sp³-hybridized carbons (Fsp3) is 0.300. The fourth-order valence-electron chi connectivity index (χ4n) is 0.920. The summed E-state index contributed by atoms with van der Waals surface area (Å²) in [5, 5.41) is 2.60. The van der Waals surface area contributed by atoms with Crippen LogP contribution in [0.2, 0.25) is 0 Å². The average molecular weight is 210 g/mol. The molecule has 0 unspecified atom stereocenters. The number of hydroxylamine groups is 1. The van der Waals surface area contributed by atoms with Crippen LogP contribution in [0.5, 0.6) is 0 Å². The first-order chi connectivity index (χ1) is 7.33. The third-order valence-corrected chi connectivity index (χ3v) is 1.59. The monoisotopic (exact) mass is 210 g/mol. The van der Waals surface area contributed by atoms with Crippen molar-refractivity contribution in [1.29, 1.82) is 0 Å². The molecule has 82 valence electrons. The van der Waals surface area contributed by atoms with Gasteiger partial charge in [0.05, 0.1) is 13.2 Å². The lowest BCUT2D eigenvalue weighted by atomic mass is 10.3. The van der Waals surface area contributed by atoms with Crippen molar-refractivity contribution in [2.24, 2.45) is 0 Å². The smallest absolute Gasteiger partial charge is 0.343 e. The van der Waals surface area contributed by atoms with Crippen LogP contribution in [0.25, 0.3) is 0 Å². The Hall–Kier alpha value is -1.59. The topological polar surface area (TPSA) is 59.6 Å². The van der Waals surface area contributed by atoms with Crippen molar-refractivity contribution in [3.8, 4) is 0 Å². The van der Waals surface area contributed by atoms with Gasteiger partial charge >= 0.3 is 6.03 Å². The molecule has 1 aromatic rings. The van der Waals surface area contributed by atoms with Crippen molar-refractivity contribution in [2.75, 3.05) is 25.6 Å². The zero-order valence-electron chi connectivity index (χ0n) is 8.53. The van der Waals surface area contributed by atoms with Gasteiger partial charge in [-0.3, -0.25) is 4.84 Å². The molecule has 5 heteroatoms. The van der Waals surface area contributed by atoms with E-state index in [0.717, 1.165) is 0 Å². The first-order valence-electron chi connectivity index (χ1n) is 4.55. The van der Waals surface area contributed by atoms with Crippen molar-refractivity contribution in [3.05, 3.63) is 30.3 Å². The van der Waals surface area contributed by atoms with Gasteiger partial charge in [-0.15, -0.1) is 0 Å². The van der Waals surface area contributed by atoms with Crippen LogP contribution in [-0.2, 0) is 9.57 Å². The second kappa shape index (κ2) is 6.80. The van der Waals surface area contributed by atoms with Gasteiger partial charge in [0.25, 0.3) is 0 Å². The minimum absolute atomic E-state index is 0.318. The summed E-state index contributed by atoms with van der Waals surface area (Å²) >= 11 is 0. The maximum Gasteiger partial charge on any atom is 0.343 e. The van der Waals surface area contributed by atoms with Crippen LogP contribution in [0.3, 0.4) is 0 Å². The van der Waals surface area contributed by atoms with E-state index in [1.54, 1.807) is 19.2 Å². The summed E-state index contributed by atoms with van der Waals surface area (Å²) < 4.78 is 4.75. The van der Waals surface area contributed by atoms with Crippen molar-refractivity contribution >= 4 is 11.7 Å². The molecule has 0 aliphatic heterocycles. The highest BCUT2D eigenvalue weighted by Gasteiger charge is 1.99. The third kappa shape index (κ3) is 4.99. The molecule has 0 bridgehead atoms. The van der Waals surface area contributed by atoms with E-state index in [9.17, 15) is 4.79 Å². The van der Waals surface area contributed by atoms with Crippen LogP contribution in [-0.4, -0.2) is 26.4 Å². The Morgan fingerprint density at radius 3 is 2.67 bits per heavy atom.